The normalized spacial score (nSPS) is 10.5. The van der Waals surface area contributed by atoms with E-state index in [1.165, 1.54) is 6.92 Å². The second kappa shape index (κ2) is 6.93. The monoisotopic (exact) mass is 344 g/mol. The lowest BCUT2D eigenvalue weighted by Crippen LogP contribution is -2.17. The second-order valence-corrected chi connectivity index (χ2v) is 6.97. The molecule has 1 N–H and O–H groups in total. The summed E-state index contributed by atoms with van der Waals surface area (Å²) in [6.45, 7) is 2.09. The molecule has 0 atom stereocenters. The third-order valence-electron chi connectivity index (χ3n) is 3.25. The van der Waals surface area contributed by atoms with E-state index in [1.54, 1.807) is 29.8 Å². The number of carbonyl (C=O) groups is 1. The van der Waals surface area contributed by atoms with E-state index in [1.807, 2.05) is 36.4 Å². The van der Waals surface area contributed by atoms with E-state index in [4.69, 9.17) is 9.72 Å². The van der Waals surface area contributed by atoms with E-state index >= 15 is 0 Å². The molecule has 0 aliphatic rings. The number of thiophene rings is 1. The Morgan fingerprint density at radius 3 is 2.96 bits per heavy atom. The summed E-state index contributed by atoms with van der Waals surface area (Å²) in [4.78, 5) is 17.9. The maximum absolute atomic E-state index is 11.0. The van der Waals surface area contributed by atoms with Gasteiger partial charge in [0.2, 0.25) is 5.91 Å². The summed E-state index contributed by atoms with van der Waals surface area (Å²) >= 11 is 3.26. The molecule has 0 radical (unpaired) electrons. The first kappa shape index (κ1) is 15.7. The van der Waals surface area contributed by atoms with Gasteiger partial charge < -0.3 is 10.1 Å². The molecule has 2 aromatic heterocycles. The number of rotatable bonds is 5. The first-order valence-electron chi connectivity index (χ1n) is 7.09. The molecular formula is C17H16N2O2S2. The Morgan fingerprint density at radius 2 is 2.17 bits per heavy atom. The molecule has 0 unspecified atom stereocenters. The molecule has 3 rings (SSSR count). The van der Waals surface area contributed by atoms with Crippen molar-refractivity contribution in [1.29, 1.82) is 0 Å². The average Bonchev–Trinajstić information content (AvgIpc) is 3.22. The molecule has 0 bridgehead atoms. The van der Waals surface area contributed by atoms with Crippen LogP contribution in [0.1, 0.15) is 11.8 Å². The van der Waals surface area contributed by atoms with Crippen LogP contribution < -0.4 is 10.1 Å². The van der Waals surface area contributed by atoms with Gasteiger partial charge in [0, 0.05) is 22.7 Å². The number of nitrogens with one attached hydrogen (secondary N) is 1. The van der Waals surface area contributed by atoms with Gasteiger partial charge in [0.25, 0.3) is 0 Å². The molecule has 0 saturated carbocycles. The topological polar surface area (TPSA) is 51.2 Å². The number of benzene rings is 1. The molecule has 3 aromatic rings. The number of hydrogen-bond acceptors (Lipinski definition) is 5. The van der Waals surface area contributed by atoms with Gasteiger partial charge in [-0.1, -0.05) is 12.1 Å². The Balaban J connectivity index is 1.80. The molecule has 0 fully saturated rings. The van der Waals surface area contributed by atoms with Gasteiger partial charge in [-0.15, -0.1) is 22.7 Å². The van der Waals surface area contributed by atoms with Gasteiger partial charge in [-0.3, -0.25) is 4.79 Å². The van der Waals surface area contributed by atoms with Crippen LogP contribution in [0.25, 0.3) is 21.1 Å². The molecular weight excluding hydrogens is 328 g/mol. The number of methoxy groups -OCH3 is 1. The van der Waals surface area contributed by atoms with E-state index in [-0.39, 0.29) is 5.91 Å². The molecule has 0 aliphatic heterocycles. The second-order valence-electron chi connectivity index (χ2n) is 4.95. The Bertz CT molecular complexity index is 823. The van der Waals surface area contributed by atoms with Gasteiger partial charge in [0.15, 0.2) is 0 Å². The Kier molecular flexibility index (Phi) is 4.73. The molecule has 0 aliphatic carbocycles. The van der Waals surface area contributed by atoms with Crippen LogP contribution in [0, 0.1) is 0 Å². The highest BCUT2D eigenvalue weighted by Crippen LogP contribution is 2.33. The first-order chi connectivity index (χ1) is 11.2. The zero-order chi connectivity index (χ0) is 16.2. The minimum absolute atomic E-state index is 0.0195. The van der Waals surface area contributed by atoms with Crippen LogP contribution in [0.15, 0.2) is 41.8 Å². The maximum Gasteiger partial charge on any atom is 0.217 e. The predicted octanol–water partition coefficient (Wildman–Crippen LogP) is 4.18. The highest BCUT2D eigenvalue weighted by Gasteiger charge is 2.10. The SMILES string of the molecule is COc1cccc(-c2nc(-c3ccc(CNC(C)=O)s3)cs2)c1. The van der Waals surface area contributed by atoms with Crippen molar-refractivity contribution in [2.75, 3.05) is 7.11 Å². The summed E-state index contributed by atoms with van der Waals surface area (Å²) in [5.41, 5.74) is 2.02. The highest BCUT2D eigenvalue weighted by molar-refractivity contribution is 7.16. The molecule has 23 heavy (non-hydrogen) atoms. The van der Waals surface area contributed by atoms with Gasteiger partial charge >= 0.3 is 0 Å². The summed E-state index contributed by atoms with van der Waals surface area (Å²) in [6, 6.07) is 12.0. The van der Waals surface area contributed by atoms with Crippen molar-refractivity contribution >= 4 is 28.6 Å². The molecule has 6 heteroatoms. The summed E-state index contributed by atoms with van der Waals surface area (Å²) in [6.07, 6.45) is 0. The molecule has 4 nitrogen and oxygen atoms in total. The van der Waals surface area contributed by atoms with Crippen LogP contribution in [-0.4, -0.2) is 18.0 Å². The van der Waals surface area contributed by atoms with Crippen molar-refractivity contribution in [2.24, 2.45) is 0 Å². The third kappa shape index (κ3) is 3.78. The van der Waals surface area contributed by atoms with E-state index in [9.17, 15) is 4.79 Å². The van der Waals surface area contributed by atoms with Crippen LogP contribution in [0.2, 0.25) is 0 Å². The average molecular weight is 344 g/mol. The van der Waals surface area contributed by atoms with Crippen molar-refractivity contribution in [1.82, 2.24) is 10.3 Å². The molecule has 2 heterocycles. The van der Waals surface area contributed by atoms with Crippen molar-refractivity contribution in [3.05, 3.63) is 46.7 Å². The zero-order valence-corrected chi connectivity index (χ0v) is 14.5. The fourth-order valence-corrected chi connectivity index (χ4v) is 3.90. The number of thiazole rings is 1. The van der Waals surface area contributed by atoms with Crippen molar-refractivity contribution in [3.63, 3.8) is 0 Å². The number of carbonyl (C=O) groups excluding carboxylic acids is 1. The molecule has 1 amide bonds. The lowest BCUT2D eigenvalue weighted by atomic mass is 10.2. The van der Waals surface area contributed by atoms with Crippen LogP contribution >= 0.6 is 22.7 Å². The van der Waals surface area contributed by atoms with Crippen LogP contribution in [0.5, 0.6) is 5.75 Å². The minimum atomic E-state index is -0.0195. The quantitative estimate of drug-likeness (QED) is 0.755. The predicted molar refractivity (Wildman–Crippen MR) is 94.9 cm³/mol. The molecule has 1 aromatic carbocycles. The highest BCUT2D eigenvalue weighted by atomic mass is 32.1. The smallest absolute Gasteiger partial charge is 0.217 e. The van der Waals surface area contributed by atoms with E-state index in [0.29, 0.717) is 6.54 Å². The van der Waals surface area contributed by atoms with Crippen molar-refractivity contribution in [3.8, 4) is 26.9 Å². The number of ether oxygens (including phenoxy) is 1. The third-order valence-corrected chi connectivity index (χ3v) is 5.25. The molecule has 118 valence electrons. The van der Waals surface area contributed by atoms with Gasteiger partial charge in [0.1, 0.15) is 10.8 Å². The van der Waals surface area contributed by atoms with E-state index < -0.39 is 0 Å². The van der Waals surface area contributed by atoms with Crippen LogP contribution in [0.4, 0.5) is 0 Å². The lowest BCUT2D eigenvalue weighted by Gasteiger charge is -2.01. The Hall–Kier alpha value is -2.18. The van der Waals surface area contributed by atoms with Crippen molar-refractivity contribution < 1.29 is 9.53 Å². The van der Waals surface area contributed by atoms with E-state index in [2.05, 4.69) is 10.7 Å². The number of amides is 1. The standard InChI is InChI=1S/C17H16N2O2S2/c1-11(20)18-9-14-6-7-16(23-14)15-10-22-17(19-15)12-4-3-5-13(8-12)21-2/h3-8,10H,9H2,1-2H3,(H,18,20). The minimum Gasteiger partial charge on any atom is -0.497 e. The number of hydrogen-bond donors (Lipinski definition) is 1. The van der Waals surface area contributed by atoms with Gasteiger partial charge in [-0.25, -0.2) is 4.98 Å². The maximum atomic E-state index is 11.0. The zero-order valence-electron chi connectivity index (χ0n) is 12.8. The van der Waals surface area contributed by atoms with Crippen molar-refractivity contribution in [2.45, 2.75) is 13.5 Å². The first-order valence-corrected chi connectivity index (χ1v) is 8.79. The van der Waals surface area contributed by atoms with Crippen LogP contribution in [0.3, 0.4) is 0 Å². The fourth-order valence-electron chi connectivity index (χ4n) is 2.10. The lowest BCUT2D eigenvalue weighted by molar-refractivity contribution is -0.119. The van der Waals surface area contributed by atoms with E-state index in [0.717, 1.165) is 31.8 Å². The van der Waals surface area contributed by atoms with Crippen LogP contribution in [-0.2, 0) is 11.3 Å². The Labute approximate surface area is 142 Å². The summed E-state index contributed by atoms with van der Waals surface area (Å²) in [5, 5.41) is 5.84. The summed E-state index contributed by atoms with van der Waals surface area (Å²) in [7, 11) is 1.66. The summed E-state index contributed by atoms with van der Waals surface area (Å²) < 4.78 is 5.26. The van der Waals surface area contributed by atoms with Gasteiger partial charge in [0.05, 0.1) is 24.2 Å². The summed E-state index contributed by atoms with van der Waals surface area (Å²) in [5.74, 6) is 0.807. The van der Waals surface area contributed by atoms with Gasteiger partial charge in [-0.05, 0) is 24.3 Å². The largest absolute Gasteiger partial charge is 0.497 e. The number of aromatic nitrogens is 1. The van der Waals surface area contributed by atoms with Gasteiger partial charge in [-0.2, -0.15) is 0 Å². The fraction of sp³-hybridized carbons (Fsp3) is 0.176. The number of nitrogens with zero attached hydrogens (tertiary/aromatic N) is 1. The Morgan fingerprint density at radius 1 is 1.30 bits per heavy atom. The molecule has 0 saturated heterocycles. The molecule has 0 spiro atoms.